The maximum atomic E-state index is 6.13. The van der Waals surface area contributed by atoms with Crippen molar-refractivity contribution in [1.29, 1.82) is 0 Å². The molecule has 4 aromatic rings. The van der Waals surface area contributed by atoms with Gasteiger partial charge in [-0.25, -0.2) is 4.98 Å². The van der Waals surface area contributed by atoms with Gasteiger partial charge in [-0.1, -0.05) is 17.7 Å². The normalized spacial score (nSPS) is 11.4. The molecular formula is C17H14ClN3OS. The van der Waals surface area contributed by atoms with E-state index in [1.807, 2.05) is 42.6 Å². The van der Waals surface area contributed by atoms with Gasteiger partial charge in [0.05, 0.1) is 17.7 Å². The predicted octanol–water partition coefficient (Wildman–Crippen LogP) is 4.74. The van der Waals surface area contributed by atoms with Crippen molar-refractivity contribution in [2.45, 2.75) is 13.5 Å². The fourth-order valence-electron chi connectivity index (χ4n) is 2.72. The monoisotopic (exact) mass is 343 g/mol. The van der Waals surface area contributed by atoms with Crippen LogP contribution in [0.3, 0.4) is 0 Å². The standard InChI is InChI=1S/C17H14ClN3OS/c1-10-7-11(4-5-12(10)18)16-13(8-19)21-14(9-23-17(21)20-16)15-3-2-6-22-15/h2-7,9H,8,19H2,1H3. The predicted molar refractivity (Wildman–Crippen MR) is 93.8 cm³/mol. The molecule has 0 amide bonds. The van der Waals surface area contributed by atoms with Gasteiger partial charge < -0.3 is 10.2 Å². The van der Waals surface area contributed by atoms with E-state index in [0.717, 1.165) is 44.0 Å². The van der Waals surface area contributed by atoms with Gasteiger partial charge in [-0.15, -0.1) is 11.3 Å². The number of furan rings is 1. The molecule has 6 heteroatoms. The van der Waals surface area contributed by atoms with Gasteiger partial charge in [0, 0.05) is 22.5 Å². The molecule has 4 nitrogen and oxygen atoms in total. The van der Waals surface area contributed by atoms with Gasteiger partial charge in [0.25, 0.3) is 0 Å². The fraction of sp³-hybridized carbons (Fsp3) is 0.118. The topological polar surface area (TPSA) is 56.5 Å². The van der Waals surface area contributed by atoms with Crippen LogP contribution < -0.4 is 5.73 Å². The van der Waals surface area contributed by atoms with E-state index in [1.54, 1.807) is 17.6 Å². The Labute approximate surface area is 142 Å². The highest BCUT2D eigenvalue weighted by atomic mass is 35.5. The van der Waals surface area contributed by atoms with Gasteiger partial charge in [0.15, 0.2) is 10.7 Å². The van der Waals surface area contributed by atoms with Crippen molar-refractivity contribution in [3.8, 4) is 22.7 Å². The number of hydrogen-bond acceptors (Lipinski definition) is 4. The van der Waals surface area contributed by atoms with E-state index in [4.69, 9.17) is 26.7 Å². The van der Waals surface area contributed by atoms with E-state index in [2.05, 4.69) is 4.40 Å². The Morgan fingerprint density at radius 3 is 2.91 bits per heavy atom. The second-order valence-electron chi connectivity index (χ2n) is 5.29. The molecule has 3 aromatic heterocycles. The van der Waals surface area contributed by atoms with Crippen LogP contribution in [-0.4, -0.2) is 9.38 Å². The quantitative estimate of drug-likeness (QED) is 0.584. The third-order valence-corrected chi connectivity index (χ3v) is 5.11. The van der Waals surface area contributed by atoms with Crippen molar-refractivity contribution in [2.75, 3.05) is 0 Å². The summed E-state index contributed by atoms with van der Waals surface area (Å²) in [5.41, 5.74) is 10.9. The average Bonchev–Trinajstić information content (AvgIpc) is 3.24. The number of nitrogens with zero attached hydrogens (tertiary/aromatic N) is 2. The van der Waals surface area contributed by atoms with Crippen LogP contribution in [0.15, 0.2) is 46.4 Å². The van der Waals surface area contributed by atoms with Crippen molar-refractivity contribution in [2.24, 2.45) is 5.73 Å². The second kappa shape index (κ2) is 5.53. The molecule has 0 aliphatic rings. The number of benzene rings is 1. The lowest BCUT2D eigenvalue weighted by Gasteiger charge is -2.05. The molecule has 0 saturated heterocycles. The summed E-state index contributed by atoms with van der Waals surface area (Å²) >= 11 is 7.71. The number of halogens is 1. The Balaban J connectivity index is 1.96. The highest BCUT2D eigenvalue weighted by Gasteiger charge is 2.19. The number of aryl methyl sites for hydroxylation is 1. The van der Waals surface area contributed by atoms with E-state index in [-0.39, 0.29) is 0 Å². The highest BCUT2D eigenvalue weighted by Crippen LogP contribution is 2.33. The van der Waals surface area contributed by atoms with Gasteiger partial charge in [0.1, 0.15) is 5.69 Å². The Kier molecular flexibility index (Phi) is 3.49. The molecule has 23 heavy (non-hydrogen) atoms. The van der Waals surface area contributed by atoms with Gasteiger partial charge in [-0.2, -0.15) is 0 Å². The van der Waals surface area contributed by atoms with E-state index in [9.17, 15) is 0 Å². The van der Waals surface area contributed by atoms with Gasteiger partial charge in [-0.3, -0.25) is 4.40 Å². The number of thiazole rings is 1. The molecule has 0 radical (unpaired) electrons. The minimum atomic E-state index is 0.391. The molecule has 2 N–H and O–H groups in total. The minimum Gasteiger partial charge on any atom is -0.463 e. The highest BCUT2D eigenvalue weighted by molar-refractivity contribution is 7.15. The summed E-state index contributed by atoms with van der Waals surface area (Å²) in [6.45, 7) is 2.38. The molecule has 0 unspecified atom stereocenters. The zero-order valence-corrected chi connectivity index (χ0v) is 14.0. The number of hydrogen-bond donors (Lipinski definition) is 1. The zero-order valence-electron chi connectivity index (χ0n) is 12.4. The molecule has 0 saturated carbocycles. The van der Waals surface area contributed by atoms with Crippen LogP contribution in [0.2, 0.25) is 5.02 Å². The average molecular weight is 344 g/mol. The van der Waals surface area contributed by atoms with Crippen molar-refractivity contribution in [1.82, 2.24) is 9.38 Å². The van der Waals surface area contributed by atoms with Crippen LogP contribution in [0, 0.1) is 6.92 Å². The summed E-state index contributed by atoms with van der Waals surface area (Å²) < 4.78 is 7.61. The van der Waals surface area contributed by atoms with E-state index in [0.29, 0.717) is 6.54 Å². The van der Waals surface area contributed by atoms with E-state index < -0.39 is 0 Å². The smallest absolute Gasteiger partial charge is 0.195 e. The van der Waals surface area contributed by atoms with Crippen molar-refractivity contribution in [3.05, 3.63) is 58.3 Å². The molecule has 1 aromatic carbocycles. The van der Waals surface area contributed by atoms with Crippen molar-refractivity contribution >= 4 is 27.9 Å². The van der Waals surface area contributed by atoms with Crippen molar-refractivity contribution in [3.63, 3.8) is 0 Å². The molecule has 0 bridgehead atoms. The first-order valence-corrected chi connectivity index (χ1v) is 8.44. The lowest BCUT2D eigenvalue weighted by atomic mass is 10.1. The first-order valence-electron chi connectivity index (χ1n) is 7.18. The second-order valence-corrected chi connectivity index (χ2v) is 6.54. The SMILES string of the molecule is Cc1cc(-c2nc3scc(-c4ccco4)n3c2CN)ccc1Cl. The number of nitrogens with two attached hydrogens (primary N) is 1. The molecule has 0 atom stereocenters. The summed E-state index contributed by atoms with van der Waals surface area (Å²) in [6, 6.07) is 9.73. The minimum absolute atomic E-state index is 0.391. The molecule has 0 fully saturated rings. The van der Waals surface area contributed by atoms with Gasteiger partial charge >= 0.3 is 0 Å². The lowest BCUT2D eigenvalue weighted by Crippen LogP contribution is -2.03. The van der Waals surface area contributed by atoms with Crippen LogP contribution >= 0.6 is 22.9 Å². The summed E-state index contributed by atoms with van der Waals surface area (Å²) in [5.74, 6) is 0.808. The number of aromatic nitrogens is 2. The molecule has 116 valence electrons. The van der Waals surface area contributed by atoms with Crippen LogP contribution in [-0.2, 0) is 6.54 Å². The third-order valence-electron chi connectivity index (χ3n) is 3.86. The third kappa shape index (κ3) is 2.28. The van der Waals surface area contributed by atoms with E-state index >= 15 is 0 Å². The maximum Gasteiger partial charge on any atom is 0.195 e. The Morgan fingerprint density at radius 1 is 1.35 bits per heavy atom. The summed E-state index contributed by atoms with van der Waals surface area (Å²) in [7, 11) is 0. The molecule has 0 aliphatic carbocycles. The largest absolute Gasteiger partial charge is 0.463 e. The summed E-state index contributed by atoms with van der Waals surface area (Å²) in [4.78, 5) is 5.67. The van der Waals surface area contributed by atoms with Crippen LogP contribution in [0.1, 0.15) is 11.3 Å². The Hall–Kier alpha value is -2.08. The van der Waals surface area contributed by atoms with Crippen LogP contribution in [0.4, 0.5) is 0 Å². The number of rotatable bonds is 3. The maximum absolute atomic E-state index is 6.13. The summed E-state index contributed by atoms with van der Waals surface area (Å²) in [6.07, 6.45) is 1.67. The Morgan fingerprint density at radius 2 is 2.22 bits per heavy atom. The molecule has 4 rings (SSSR count). The lowest BCUT2D eigenvalue weighted by molar-refractivity contribution is 0.579. The summed E-state index contributed by atoms with van der Waals surface area (Å²) in [5, 5.41) is 2.79. The van der Waals surface area contributed by atoms with Gasteiger partial charge in [-0.05, 0) is 36.8 Å². The molecule has 3 heterocycles. The van der Waals surface area contributed by atoms with Gasteiger partial charge in [0.2, 0.25) is 0 Å². The molecular weight excluding hydrogens is 330 g/mol. The first-order chi connectivity index (χ1) is 11.2. The molecule has 0 aliphatic heterocycles. The zero-order chi connectivity index (χ0) is 16.0. The van der Waals surface area contributed by atoms with Crippen LogP contribution in [0.5, 0.6) is 0 Å². The number of imidazole rings is 1. The van der Waals surface area contributed by atoms with Crippen LogP contribution in [0.25, 0.3) is 27.7 Å². The number of fused-ring (bicyclic) bond motifs is 1. The first kappa shape index (κ1) is 14.5. The fourth-order valence-corrected chi connectivity index (χ4v) is 3.74. The van der Waals surface area contributed by atoms with Crippen molar-refractivity contribution < 1.29 is 4.42 Å². The van der Waals surface area contributed by atoms with E-state index in [1.165, 1.54) is 0 Å². The Bertz CT molecular complexity index is 985. The molecule has 0 spiro atoms.